The van der Waals surface area contributed by atoms with E-state index in [1.54, 1.807) is 0 Å². The maximum absolute atomic E-state index is 11.9. The molecule has 0 bridgehead atoms. The van der Waals surface area contributed by atoms with Gasteiger partial charge in [-0.05, 0) is 31.5 Å². The third-order valence-corrected chi connectivity index (χ3v) is 3.00. The summed E-state index contributed by atoms with van der Waals surface area (Å²) in [6, 6.07) is 5.54. The van der Waals surface area contributed by atoms with Crippen molar-refractivity contribution in [2.45, 2.75) is 33.1 Å². The lowest BCUT2D eigenvalue weighted by atomic mass is 10.1. The lowest BCUT2D eigenvalue weighted by molar-refractivity contribution is 0.0978. The summed E-state index contributed by atoms with van der Waals surface area (Å²) in [5.41, 5.74) is 0.722. The minimum atomic E-state index is 0.176. The first kappa shape index (κ1) is 13.2. The van der Waals surface area contributed by atoms with Gasteiger partial charge < -0.3 is 4.74 Å². The third-order valence-electron chi connectivity index (χ3n) is 2.31. The highest BCUT2D eigenvalue weighted by Gasteiger charge is 2.10. The van der Waals surface area contributed by atoms with Crippen LogP contribution in [-0.4, -0.2) is 12.4 Å². The van der Waals surface area contributed by atoms with Crippen molar-refractivity contribution in [1.82, 2.24) is 0 Å². The van der Waals surface area contributed by atoms with Crippen LogP contribution in [0.4, 0.5) is 0 Å². The molecule has 0 fully saturated rings. The molecule has 16 heavy (non-hydrogen) atoms. The highest BCUT2D eigenvalue weighted by Crippen LogP contribution is 2.24. The number of unbranched alkanes of at least 4 members (excludes halogenated alkanes) is 1. The van der Waals surface area contributed by atoms with Crippen molar-refractivity contribution < 1.29 is 9.53 Å². The maximum atomic E-state index is 11.9. The largest absolute Gasteiger partial charge is 0.494 e. The second kappa shape index (κ2) is 6.69. The van der Waals surface area contributed by atoms with Crippen LogP contribution in [0.25, 0.3) is 0 Å². The zero-order chi connectivity index (χ0) is 12.0. The van der Waals surface area contributed by atoms with E-state index in [0.29, 0.717) is 13.0 Å². The van der Waals surface area contributed by atoms with Crippen molar-refractivity contribution in [2.75, 3.05) is 6.61 Å². The number of benzene rings is 1. The fourth-order valence-electron chi connectivity index (χ4n) is 1.45. The smallest absolute Gasteiger partial charge is 0.164 e. The third kappa shape index (κ3) is 3.63. The topological polar surface area (TPSA) is 26.3 Å². The van der Waals surface area contributed by atoms with E-state index in [-0.39, 0.29) is 5.78 Å². The molecule has 0 saturated carbocycles. The van der Waals surface area contributed by atoms with Crippen LogP contribution in [-0.2, 0) is 0 Å². The molecule has 88 valence electrons. The van der Waals surface area contributed by atoms with Gasteiger partial charge in [-0.3, -0.25) is 4.79 Å². The van der Waals surface area contributed by atoms with Crippen LogP contribution >= 0.6 is 15.9 Å². The summed E-state index contributed by atoms with van der Waals surface area (Å²) in [7, 11) is 0. The van der Waals surface area contributed by atoms with Gasteiger partial charge in [0.25, 0.3) is 0 Å². The van der Waals surface area contributed by atoms with Gasteiger partial charge in [-0.1, -0.05) is 29.3 Å². The predicted octanol–water partition coefficient (Wildman–Crippen LogP) is 4.22. The molecule has 0 aliphatic heterocycles. The Balaban J connectivity index is 2.84. The van der Waals surface area contributed by atoms with Crippen molar-refractivity contribution in [2.24, 2.45) is 0 Å². The minimum Gasteiger partial charge on any atom is -0.494 e. The van der Waals surface area contributed by atoms with Gasteiger partial charge in [-0.2, -0.15) is 0 Å². The Labute approximate surface area is 105 Å². The molecular weight excluding hydrogens is 268 g/mol. The van der Waals surface area contributed by atoms with Gasteiger partial charge in [0.2, 0.25) is 0 Å². The molecule has 2 nitrogen and oxygen atoms in total. The van der Waals surface area contributed by atoms with Crippen molar-refractivity contribution in [3.63, 3.8) is 0 Å². The molecule has 0 amide bonds. The van der Waals surface area contributed by atoms with Gasteiger partial charge >= 0.3 is 0 Å². The lowest BCUT2D eigenvalue weighted by Crippen LogP contribution is -2.01. The average molecular weight is 285 g/mol. The van der Waals surface area contributed by atoms with Crippen molar-refractivity contribution >= 4 is 21.7 Å². The fraction of sp³-hybridized carbons (Fsp3) is 0.462. The highest BCUT2D eigenvalue weighted by molar-refractivity contribution is 9.10. The number of hydrogen-bond acceptors (Lipinski definition) is 2. The summed E-state index contributed by atoms with van der Waals surface area (Å²) in [5, 5.41) is 0. The molecule has 0 spiro atoms. The van der Waals surface area contributed by atoms with Gasteiger partial charge in [0.1, 0.15) is 5.75 Å². The number of carbonyl (C=O) groups excluding carboxylic acids is 1. The standard InChI is InChI=1S/C13H17BrO2/c1-3-5-6-13(15)11-9-10(16-4-2)7-8-12(11)14/h7-9H,3-6H2,1-2H3. The van der Waals surface area contributed by atoms with E-state index < -0.39 is 0 Å². The molecule has 0 radical (unpaired) electrons. The van der Waals surface area contributed by atoms with Crippen LogP contribution < -0.4 is 4.74 Å². The summed E-state index contributed by atoms with van der Waals surface area (Å²) in [6.45, 7) is 4.63. The van der Waals surface area contributed by atoms with Crippen molar-refractivity contribution in [1.29, 1.82) is 0 Å². The molecule has 1 aromatic carbocycles. The fourth-order valence-corrected chi connectivity index (χ4v) is 1.91. The SMILES string of the molecule is CCCCC(=O)c1cc(OCC)ccc1Br. The Hall–Kier alpha value is -0.830. The summed E-state index contributed by atoms with van der Waals surface area (Å²) in [5.74, 6) is 0.931. The number of ether oxygens (including phenoxy) is 1. The summed E-state index contributed by atoms with van der Waals surface area (Å²) in [4.78, 5) is 11.9. The summed E-state index contributed by atoms with van der Waals surface area (Å²) in [6.07, 6.45) is 2.57. The number of carbonyl (C=O) groups is 1. The van der Waals surface area contributed by atoms with Gasteiger partial charge in [0, 0.05) is 16.5 Å². The Morgan fingerprint density at radius 1 is 1.38 bits per heavy atom. The molecule has 0 aromatic heterocycles. The minimum absolute atomic E-state index is 0.176. The van der Waals surface area contributed by atoms with Crippen LogP contribution in [0.3, 0.4) is 0 Å². The molecule has 0 N–H and O–H groups in total. The van der Waals surface area contributed by atoms with E-state index in [4.69, 9.17) is 4.74 Å². The van der Waals surface area contributed by atoms with Crippen LogP contribution in [0.15, 0.2) is 22.7 Å². The first-order valence-corrected chi connectivity index (χ1v) is 6.43. The van der Waals surface area contributed by atoms with Gasteiger partial charge in [0.15, 0.2) is 5.78 Å². The zero-order valence-electron chi connectivity index (χ0n) is 9.75. The quantitative estimate of drug-likeness (QED) is 0.731. The number of hydrogen-bond donors (Lipinski definition) is 0. The number of rotatable bonds is 6. The predicted molar refractivity (Wildman–Crippen MR) is 69.2 cm³/mol. The lowest BCUT2D eigenvalue weighted by Gasteiger charge is -2.07. The molecule has 0 heterocycles. The first-order chi connectivity index (χ1) is 7.69. The van der Waals surface area contributed by atoms with Gasteiger partial charge in [0.05, 0.1) is 6.61 Å². The molecule has 0 atom stereocenters. The van der Waals surface area contributed by atoms with Crippen LogP contribution in [0.5, 0.6) is 5.75 Å². The molecule has 1 aromatic rings. The van der Waals surface area contributed by atoms with Crippen LogP contribution in [0.2, 0.25) is 0 Å². The van der Waals surface area contributed by atoms with E-state index in [0.717, 1.165) is 28.6 Å². The second-order valence-electron chi connectivity index (χ2n) is 3.60. The first-order valence-electron chi connectivity index (χ1n) is 5.64. The van der Waals surface area contributed by atoms with E-state index in [1.807, 2.05) is 25.1 Å². The monoisotopic (exact) mass is 284 g/mol. The van der Waals surface area contributed by atoms with E-state index >= 15 is 0 Å². The number of halogens is 1. The van der Waals surface area contributed by atoms with Gasteiger partial charge in [-0.15, -0.1) is 0 Å². The molecule has 3 heteroatoms. The molecular formula is C13H17BrO2. The Kier molecular flexibility index (Phi) is 5.53. The van der Waals surface area contributed by atoms with Gasteiger partial charge in [-0.25, -0.2) is 0 Å². The summed E-state index contributed by atoms with van der Waals surface area (Å²) >= 11 is 3.40. The number of Topliss-reactive ketones (excluding diaryl/α,β-unsaturated/α-hetero) is 1. The summed E-state index contributed by atoms with van der Waals surface area (Å²) < 4.78 is 6.23. The van der Waals surface area contributed by atoms with Crippen LogP contribution in [0.1, 0.15) is 43.5 Å². The molecule has 1 rings (SSSR count). The van der Waals surface area contributed by atoms with E-state index in [1.165, 1.54) is 0 Å². The van der Waals surface area contributed by atoms with E-state index in [2.05, 4.69) is 22.9 Å². The molecule has 0 aliphatic carbocycles. The maximum Gasteiger partial charge on any atom is 0.164 e. The average Bonchev–Trinajstić information content (AvgIpc) is 2.29. The van der Waals surface area contributed by atoms with E-state index in [9.17, 15) is 4.79 Å². The van der Waals surface area contributed by atoms with Crippen molar-refractivity contribution in [3.8, 4) is 5.75 Å². The zero-order valence-corrected chi connectivity index (χ0v) is 11.3. The normalized spacial score (nSPS) is 10.2. The molecule has 0 saturated heterocycles. The Bertz CT molecular complexity index is 361. The Morgan fingerprint density at radius 3 is 2.75 bits per heavy atom. The second-order valence-corrected chi connectivity index (χ2v) is 4.46. The Morgan fingerprint density at radius 2 is 2.12 bits per heavy atom. The van der Waals surface area contributed by atoms with Crippen LogP contribution in [0, 0.1) is 0 Å². The number of ketones is 1. The highest BCUT2D eigenvalue weighted by atomic mass is 79.9. The molecule has 0 aliphatic rings. The van der Waals surface area contributed by atoms with Crippen molar-refractivity contribution in [3.05, 3.63) is 28.2 Å². The molecule has 0 unspecified atom stereocenters.